The van der Waals surface area contributed by atoms with Gasteiger partial charge in [-0.15, -0.1) is 5.10 Å². The quantitative estimate of drug-likeness (QED) is 0.823. The first-order chi connectivity index (χ1) is 6.84. The van der Waals surface area contributed by atoms with Gasteiger partial charge in [0, 0.05) is 0 Å². The largest absolute Gasteiger partial charge is 0.349 e. The first-order valence-electron chi connectivity index (χ1n) is 3.82. The second kappa shape index (κ2) is 4.05. The Labute approximate surface area is 83.2 Å². The van der Waals surface area contributed by atoms with E-state index in [0.717, 1.165) is 17.3 Å². The van der Waals surface area contributed by atoms with Crippen LogP contribution in [0.1, 0.15) is 4.88 Å². The van der Waals surface area contributed by atoms with Crippen molar-refractivity contribution in [2.75, 3.05) is 5.32 Å². The van der Waals surface area contributed by atoms with E-state index in [4.69, 9.17) is 0 Å². The summed E-state index contributed by atoms with van der Waals surface area (Å²) in [4.78, 5) is 8.46. The third-order valence-electron chi connectivity index (χ3n) is 1.45. The van der Waals surface area contributed by atoms with Crippen LogP contribution >= 0.6 is 11.5 Å². The van der Waals surface area contributed by atoms with Crippen LogP contribution in [0, 0.1) is 5.82 Å². The lowest BCUT2D eigenvalue weighted by Crippen LogP contribution is -2.02. The van der Waals surface area contributed by atoms with Crippen molar-refractivity contribution >= 4 is 17.5 Å². The van der Waals surface area contributed by atoms with Gasteiger partial charge in [-0.2, -0.15) is 0 Å². The Morgan fingerprint density at radius 2 is 2.07 bits per heavy atom. The van der Waals surface area contributed by atoms with Crippen molar-refractivity contribution in [1.29, 1.82) is 0 Å². The molecule has 0 unspecified atom stereocenters. The van der Waals surface area contributed by atoms with Crippen LogP contribution in [-0.2, 0) is 6.54 Å². The van der Waals surface area contributed by atoms with Crippen LogP contribution in [0.5, 0.6) is 0 Å². The summed E-state index contributed by atoms with van der Waals surface area (Å²) in [5.41, 5.74) is 0. The second-order valence-electron chi connectivity index (χ2n) is 2.46. The van der Waals surface area contributed by atoms with E-state index in [1.165, 1.54) is 11.5 Å². The molecule has 0 radical (unpaired) electrons. The average molecular weight is 211 g/mol. The zero-order chi connectivity index (χ0) is 9.80. The van der Waals surface area contributed by atoms with Crippen molar-refractivity contribution in [3.05, 3.63) is 29.3 Å². The molecular formula is C7H6FN5S. The van der Waals surface area contributed by atoms with Crippen molar-refractivity contribution in [3.8, 4) is 0 Å². The van der Waals surface area contributed by atoms with E-state index in [1.54, 1.807) is 6.20 Å². The van der Waals surface area contributed by atoms with Gasteiger partial charge in [0.25, 0.3) is 0 Å². The third-order valence-corrected chi connectivity index (χ3v) is 2.11. The van der Waals surface area contributed by atoms with Crippen LogP contribution < -0.4 is 5.32 Å². The van der Waals surface area contributed by atoms with Crippen molar-refractivity contribution in [3.63, 3.8) is 0 Å². The zero-order valence-electron chi connectivity index (χ0n) is 7.01. The molecule has 0 aromatic carbocycles. The molecule has 7 heteroatoms. The Morgan fingerprint density at radius 1 is 1.29 bits per heavy atom. The fourth-order valence-corrected chi connectivity index (χ4v) is 1.27. The molecule has 0 aliphatic rings. The maximum absolute atomic E-state index is 12.4. The zero-order valence-corrected chi connectivity index (χ0v) is 7.83. The summed E-state index contributed by atoms with van der Waals surface area (Å²) in [6, 6.07) is 0. The third kappa shape index (κ3) is 2.19. The van der Waals surface area contributed by atoms with E-state index in [2.05, 4.69) is 24.9 Å². The van der Waals surface area contributed by atoms with Crippen molar-refractivity contribution in [2.24, 2.45) is 0 Å². The summed E-state index contributed by atoms with van der Waals surface area (Å²) in [6.45, 7) is 0.545. The lowest BCUT2D eigenvalue weighted by atomic mass is 10.5. The lowest BCUT2D eigenvalue weighted by molar-refractivity contribution is 0.614. The number of hydrogen-bond acceptors (Lipinski definition) is 6. The molecule has 2 aromatic rings. The summed E-state index contributed by atoms with van der Waals surface area (Å²) in [5.74, 6) is -0.0604. The number of nitrogens with zero attached hydrogens (tertiary/aromatic N) is 4. The van der Waals surface area contributed by atoms with Crippen molar-refractivity contribution in [1.82, 2.24) is 19.6 Å². The van der Waals surface area contributed by atoms with Gasteiger partial charge in [-0.3, -0.25) is 0 Å². The van der Waals surface area contributed by atoms with E-state index < -0.39 is 5.82 Å². The normalized spacial score (nSPS) is 10.1. The summed E-state index contributed by atoms with van der Waals surface area (Å²) >= 11 is 1.29. The van der Waals surface area contributed by atoms with Gasteiger partial charge in [-0.25, -0.2) is 14.4 Å². The molecule has 0 amide bonds. The highest BCUT2D eigenvalue weighted by molar-refractivity contribution is 7.05. The van der Waals surface area contributed by atoms with Gasteiger partial charge in [0.1, 0.15) is 0 Å². The number of nitrogens with one attached hydrogen (secondary N) is 1. The van der Waals surface area contributed by atoms with Crippen LogP contribution in [0.25, 0.3) is 0 Å². The van der Waals surface area contributed by atoms with Crippen LogP contribution in [0.3, 0.4) is 0 Å². The molecule has 1 N–H and O–H groups in total. The molecule has 14 heavy (non-hydrogen) atoms. The average Bonchev–Trinajstić information content (AvgIpc) is 2.70. The van der Waals surface area contributed by atoms with Gasteiger partial charge in [0.2, 0.25) is 5.95 Å². The number of aromatic nitrogens is 4. The van der Waals surface area contributed by atoms with Gasteiger partial charge >= 0.3 is 0 Å². The molecule has 5 nitrogen and oxygen atoms in total. The monoisotopic (exact) mass is 211 g/mol. The van der Waals surface area contributed by atoms with Gasteiger partial charge < -0.3 is 5.32 Å². The molecule has 2 heterocycles. The fraction of sp³-hybridized carbons (Fsp3) is 0.143. The molecule has 0 bridgehead atoms. The molecule has 2 rings (SSSR count). The van der Waals surface area contributed by atoms with E-state index in [1.807, 2.05) is 0 Å². The standard InChI is InChI=1S/C7H6FN5S/c8-5-1-9-7(10-2-5)11-3-6-4-12-13-14-6/h1-2,4H,3H2,(H,9,10,11). The predicted octanol–water partition coefficient (Wildman–Crippen LogP) is 1.08. The van der Waals surface area contributed by atoms with E-state index in [0.29, 0.717) is 12.5 Å². The van der Waals surface area contributed by atoms with Crippen LogP contribution in [0.4, 0.5) is 10.3 Å². The Kier molecular flexibility index (Phi) is 2.59. The molecule has 0 spiro atoms. The van der Waals surface area contributed by atoms with Crippen LogP contribution in [0.15, 0.2) is 18.6 Å². The van der Waals surface area contributed by atoms with Gasteiger partial charge in [-0.05, 0) is 11.5 Å². The lowest BCUT2D eigenvalue weighted by Gasteiger charge is -2.00. The van der Waals surface area contributed by atoms with Gasteiger partial charge in [-0.1, -0.05) is 4.49 Å². The van der Waals surface area contributed by atoms with Crippen LogP contribution in [-0.4, -0.2) is 19.6 Å². The summed E-state index contributed by atoms with van der Waals surface area (Å²) < 4.78 is 16.1. The molecule has 2 aromatic heterocycles. The minimum atomic E-state index is -0.449. The number of hydrogen-bond donors (Lipinski definition) is 1. The summed E-state index contributed by atoms with van der Waals surface area (Å²) in [6.07, 6.45) is 3.88. The molecule has 0 atom stereocenters. The van der Waals surface area contributed by atoms with Crippen LogP contribution in [0.2, 0.25) is 0 Å². The van der Waals surface area contributed by atoms with Gasteiger partial charge in [0.15, 0.2) is 5.82 Å². The number of rotatable bonds is 3. The molecule has 0 saturated heterocycles. The Bertz CT molecular complexity index is 387. The SMILES string of the molecule is Fc1cnc(NCc2cnns2)nc1. The maximum Gasteiger partial charge on any atom is 0.223 e. The van der Waals surface area contributed by atoms with E-state index in [-0.39, 0.29) is 0 Å². The first-order valence-corrected chi connectivity index (χ1v) is 4.59. The maximum atomic E-state index is 12.4. The Morgan fingerprint density at radius 3 is 2.71 bits per heavy atom. The highest BCUT2D eigenvalue weighted by Gasteiger charge is 1.98. The number of anilines is 1. The summed E-state index contributed by atoms with van der Waals surface area (Å²) in [5, 5.41) is 6.59. The molecule has 0 aliphatic carbocycles. The predicted molar refractivity (Wildman–Crippen MR) is 49.2 cm³/mol. The minimum Gasteiger partial charge on any atom is -0.349 e. The second-order valence-corrected chi connectivity index (χ2v) is 3.33. The van der Waals surface area contributed by atoms with E-state index in [9.17, 15) is 4.39 Å². The number of halogens is 1. The highest BCUT2D eigenvalue weighted by atomic mass is 32.1. The smallest absolute Gasteiger partial charge is 0.223 e. The molecular weight excluding hydrogens is 205 g/mol. The summed E-state index contributed by atoms with van der Waals surface area (Å²) in [7, 11) is 0. The minimum absolute atomic E-state index is 0.389. The molecule has 0 aliphatic heterocycles. The molecule has 72 valence electrons. The van der Waals surface area contributed by atoms with Crippen molar-refractivity contribution < 1.29 is 4.39 Å². The van der Waals surface area contributed by atoms with Gasteiger partial charge in [0.05, 0.1) is 30.0 Å². The Balaban J connectivity index is 1.95. The topological polar surface area (TPSA) is 63.6 Å². The molecule has 0 fully saturated rings. The highest BCUT2D eigenvalue weighted by Crippen LogP contribution is 2.05. The Hall–Kier alpha value is -1.63. The molecule has 0 saturated carbocycles. The fourth-order valence-electron chi connectivity index (χ4n) is 0.835. The van der Waals surface area contributed by atoms with Crippen molar-refractivity contribution in [2.45, 2.75) is 6.54 Å². The van der Waals surface area contributed by atoms with E-state index >= 15 is 0 Å². The first kappa shape index (κ1) is 8.95.